The van der Waals surface area contributed by atoms with E-state index in [1.165, 1.54) is 11.9 Å². The second kappa shape index (κ2) is 10.0. The zero-order chi connectivity index (χ0) is 19.2. The fourth-order valence-electron chi connectivity index (χ4n) is 3.85. The van der Waals surface area contributed by atoms with Gasteiger partial charge in [-0.05, 0) is 51.7 Å². The minimum absolute atomic E-state index is 0.102. The SMILES string of the molecule is CCNC(=O)N1CCC[C@H](NSC)[C@@H]1COC1CCC(C(F)(F)F)CC1. The van der Waals surface area contributed by atoms with Crippen molar-refractivity contribution in [1.29, 1.82) is 0 Å². The third kappa shape index (κ3) is 5.92. The Morgan fingerprint density at radius 1 is 1.23 bits per heavy atom. The Labute approximate surface area is 157 Å². The van der Waals surface area contributed by atoms with Gasteiger partial charge in [-0.3, -0.25) is 4.72 Å². The second-order valence-electron chi connectivity index (χ2n) is 7.02. The maximum Gasteiger partial charge on any atom is 0.391 e. The molecule has 2 atom stereocenters. The third-order valence-electron chi connectivity index (χ3n) is 5.28. The van der Waals surface area contributed by atoms with Crippen LogP contribution in [-0.4, -0.2) is 61.2 Å². The molecule has 2 amide bonds. The van der Waals surface area contributed by atoms with Crippen LogP contribution in [0.1, 0.15) is 45.4 Å². The van der Waals surface area contributed by atoms with Crippen LogP contribution in [0.15, 0.2) is 0 Å². The van der Waals surface area contributed by atoms with Crippen molar-refractivity contribution in [3.05, 3.63) is 0 Å². The molecule has 1 heterocycles. The summed E-state index contributed by atoms with van der Waals surface area (Å²) >= 11 is 1.51. The van der Waals surface area contributed by atoms with Crippen LogP contribution in [0.4, 0.5) is 18.0 Å². The maximum atomic E-state index is 12.8. The normalized spacial score (nSPS) is 30.3. The summed E-state index contributed by atoms with van der Waals surface area (Å²) in [5.41, 5.74) is 0. The summed E-state index contributed by atoms with van der Waals surface area (Å²) in [5, 5.41) is 2.84. The molecule has 0 aromatic rings. The van der Waals surface area contributed by atoms with E-state index in [4.69, 9.17) is 4.74 Å². The van der Waals surface area contributed by atoms with Crippen molar-refractivity contribution < 1.29 is 22.7 Å². The number of hydrogen-bond donors (Lipinski definition) is 2. The lowest BCUT2D eigenvalue weighted by molar-refractivity contribution is -0.188. The van der Waals surface area contributed by atoms with Crippen LogP contribution in [0.2, 0.25) is 0 Å². The first kappa shape index (κ1) is 21.6. The fourth-order valence-corrected chi connectivity index (χ4v) is 4.43. The second-order valence-corrected chi connectivity index (χ2v) is 7.66. The zero-order valence-corrected chi connectivity index (χ0v) is 16.3. The van der Waals surface area contributed by atoms with Crippen LogP contribution in [0.25, 0.3) is 0 Å². The number of urea groups is 1. The van der Waals surface area contributed by atoms with Gasteiger partial charge in [0.15, 0.2) is 0 Å². The van der Waals surface area contributed by atoms with E-state index in [0.717, 1.165) is 12.8 Å². The van der Waals surface area contributed by atoms with Gasteiger partial charge >= 0.3 is 12.2 Å². The number of hydrogen-bond acceptors (Lipinski definition) is 4. The number of alkyl halides is 3. The van der Waals surface area contributed by atoms with Crippen LogP contribution >= 0.6 is 11.9 Å². The smallest absolute Gasteiger partial charge is 0.376 e. The number of rotatable bonds is 6. The van der Waals surface area contributed by atoms with Crippen LogP contribution in [0.5, 0.6) is 0 Å². The molecule has 1 saturated heterocycles. The minimum atomic E-state index is -4.10. The summed E-state index contributed by atoms with van der Waals surface area (Å²) in [6.45, 7) is 3.47. The van der Waals surface area contributed by atoms with E-state index >= 15 is 0 Å². The number of nitrogens with one attached hydrogen (secondary N) is 2. The molecule has 9 heteroatoms. The zero-order valence-electron chi connectivity index (χ0n) is 15.5. The van der Waals surface area contributed by atoms with Crippen molar-refractivity contribution in [3.63, 3.8) is 0 Å². The molecule has 0 bridgehead atoms. The Kier molecular flexibility index (Phi) is 8.35. The summed E-state index contributed by atoms with van der Waals surface area (Å²) < 4.78 is 47.7. The van der Waals surface area contributed by atoms with Crippen molar-refractivity contribution in [3.8, 4) is 0 Å². The molecule has 0 spiro atoms. The van der Waals surface area contributed by atoms with Gasteiger partial charge in [0.05, 0.1) is 24.7 Å². The molecule has 1 aliphatic heterocycles. The summed E-state index contributed by atoms with van der Waals surface area (Å²) in [7, 11) is 0. The fraction of sp³-hybridized carbons (Fsp3) is 0.941. The molecule has 2 N–H and O–H groups in total. The van der Waals surface area contributed by atoms with Crippen molar-refractivity contribution in [2.75, 3.05) is 26.0 Å². The molecule has 2 aliphatic rings. The molecule has 0 unspecified atom stereocenters. The lowest BCUT2D eigenvalue weighted by Crippen LogP contribution is -2.59. The van der Waals surface area contributed by atoms with Gasteiger partial charge in [-0.25, -0.2) is 4.79 Å². The van der Waals surface area contributed by atoms with Gasteiger partial charge < -0.3 is 15.0 Å². The number of piperidine rings is 1. The molecule has 0 aromatic heterocycles. The third-order valence-corrected chi connectivity index (χ3v) is 5.82. The quantitative estimate of drug-likeness (QED) is 0.673. The molecule has 2 rings (SSSR count). The maximum absolute atomic E-state index is 12.8. The number of carbonyl (C=O) groups is 1. The Balaban J connectivity index is 1.91. The molecule has 2 fully saturated rings. The minimum Gasteiger partial charge on any atom is -0.376 e. The van der Waals surface area contributed by atoms with Gasteiger partial charge in [0.25, 0.3) is 0 Å². The Bertz CT molecular complexity index is 443. The van der Waals surface area contributed by atoms with Crippen molar-refractivity contribution in [2.24, 2.45) is 5.92 Å². The standard InChI is InChI=1S/C17H30F3N3O2S/c1-3-21-16(24)23-10-4-5-14(22-26-2)15(23)11-25-13-8-6-12(7-9-13)17(18,19)20/h12-15,22H,3-11H2,1-2H3,(H,21,24)/t12?,13?,14-,15-/m0/s1. The number of ether oxygens (including phenoxy) is 1. The van der Waals surface area contributed by atoms with Crippen LogP contribution < -0.4 is 10.0 Å². The average molecular weight is 398 g/mol. The summed E-state index contributed by atoms with van der Waals surface area (Å²) in [6, 6.07) is -0.0922. The largest absolute Gasteiger partial charge is 0.391 e. The first-order valence-electron chi connectivity index (χ1n) is 9.38. The monoisotopic (exact) mass is 397 g/mol. The highest BCUT2D eigenvalue weighted by molar-refractivity contribution is 7.96. The number of amides is 2. The van der Waals surface area contributed by atoms with Gasteiger partial charge in [0.1, 0.15) is 0 Å². The molecule has 152 valence electrons. The van der Waals surface area contributed by atoms with Crippen LogP contribution in [0.3, 0.4) is 0 Å². The molecular formula is C17H30F3N3O2S. The predicted molar refractivity (Wildman–Crippen MR) is 97.0 cm³/mol. The molecule has 1 saturated carbocycles. The van der Waals surface area contributed by atoms with Gasteiger partial charge in [-0.15, -0.1) is 0 Å². The Morgan fingerprint density at radius 2 is 1.92 bits per heavy atom. The van der Waals surface area contributed by atoms with Crippen molar-refractivity contribution in [1.82, 2.24) is 14.9 Å². The number of carbonyl (C=O) groups excluding carboxylic acids is 1. The van der Waals surface area contributed by atoms with E-state index in [0.29, 0.717) is 32.5 Å². The highest BCUT2D eigenvalue weighted by Gasteiger charge is 2.42. The predicted octanol–water partition coefficient (Wildman–Crippen LogP) is 3.55. The van der Waals surface area contributed by atoms with Crippen LogP contribution in [0, 0.1) is 5.92 Å². The molecule has 0 aromatic carbocycles. The van der Waals surface area contributed by atoms with E-state index in [-0.39, 0.29) is 37.1 Å². The van der Waals surface area contributed by atoms with E-state index in [1.807, 2.05) is 18.1 Å². The highest BCUT2D eigenvalue weighted by atomic mass is 32.2. The molecule has 1 aliphatic carbocycles. The Hall–Kier alpha value is -0.670. The first-order valence-corrected chi connectivity index (χ1v) is 10.6. The lowest BCUT2D eigenvalue weighted by Gasteiger charge is -2.42. The average Bonchev–Trinajstić information content (AvgIpc) is 2.60. The topological polar surface area (TPSA) is 53.6 Å². The highest BCUT2D eigenvalue weighted by Crippen LogP contribution is 2.38. The van der Waals surface area contributed by atoms with Gasteiger partial charge in [-0.1, -0.05) is 11.9 Å². The number of likely N-dealkylation sites (tertiary alicyclic amines) is 1. The number of nitrogens with zero attached hydrogens (tertiary/aromatic N) is 1. The van der Waals surface area contributed by atoms with Gasteiger partial charge in [-0.2, -0.15) is 13.2 Å². The molecule has 5 nitrogen and oxygen atoms in total. The van der Waals surface area contributed by atoms with E-state index in [9.17, 15) is 18.0 Å². The van der Waals surface area contributed by atoms with Gasteiger partial charge in [0.2, 0.25) is 0 Å². The van der Waals surface area contributed by atoms with Gasteiger partial charge in [0, 0.05) is 19.1 Å². The number of halogens is 3. The first-order chi connectivity index (χ1) is 12.4. The van der Waals surface area contributed by atoms with Crippen LogP contribution in [-0.2, 0) is 4.74 Å². The summed E-state index contributed by atoms with van der Waals surface area (Å²) in [4.78, 5) is 14.2. The lowest BCUT2D eigenvalue weighted by atomic mass is 9.87. The van der Waals surface area contributed by atoms with E-state index < -0.39 is 12.1 Å². The van der Waals surface area contributed by atoms with Crippen molar-refractivity contribution in [2.45, 2.75) is 69.8 Å². The molecule has 0 radical (unpaired) electrons. The Morgan fingerprint density at radius 3 is 2.50 bits per heavy atom. The van der Waals surface area contributed by atoms with Crippen molar-refractivity contribution >= 4 is 18.0 Å². The summed E-state index contributed by atoms with van der Waals surface area (Å²) in [6.07, 6.45) is 0.682. The molecule has 26 heavy (non-hydrogen) atoms. The summed E-state index contributed by atoms with van der Waals surface area (Å²) in [5.74, 6) is -1.20. The van der Waals surface area contributed by atoms with E-state index in [2.05, 4.69) is 10.0 Å². The molecular weight excluding hydrogens is 367 g/mol. The van der Waals surface area contributed by atoms with E-state index in [1.54, 1.807) is 0 Å².